The molecule has 1 saturated heterocycles. The van der Waals surface area contributed by atoms with E-state index in [0.29, 0.717) is 5.92 Å². The van der Waals surface area contributed by atoms with Gasteiger partial charge in [-0.25, -0.2) is 0 Å². The Labute approximate surface area is 127 Å². The molecule has 1 aromatic rings. The molecule has 3 rings (SSSR count). The Hall–Kier alpha value is -1.35. The predicted octanol–water partition coefficient (Wildman–Crippen LogP) is 2.61. The van der Waals surface area contributed by atoms with Crippen LogP contribution >= 0.6 is 0 Å². The maximum atomic E-state index is 12.7. The number of carbonyl (C=O) groups is 1. The zero-order valence-corrected chi connectivity index (χ0v) is 12.9. The maximum Gasteiger partial charge on any atom is 0.227 e. The molecule has 3 atom stereocenters. The third-order valence-corrected chi connectivity index (χ3v) is 5.10. The van der Waals surface area contributed by atoms with Gasteiger partial charge in [0, 0.05) is 6.04 Å². The number of fused-ring (bicyclic) bond motifs is 1. The van der Waals surface area contributed by atoms with E-state index >= 15 is 0 Å². The number of aryl methyl sites for hydroxylation is 1. The monoisotopic (exact) mass is 286 g/mol. The molecule has 1 amide bonds. The van der Waals surface area contributed by atoms with E-state index in [-0.39, 0.29) is 17.9 Å². The molecular weight excluding hydrogens is 260 g/mol. The van der Waals surface area contributed by atoms with Gasteiger partial charge in [-0.15, -0.1) is 0 Å². The van der Waals surface area contributed by atoms with Crippen molar-refractivity contribution >= 4 is 5.91 Å². The molecule has 1 aromatic carbocycles. The van der Waals surface area contributed by atoms with Crippen molar-refractivity contribution in [1.82, 2.24) is 10.6 Å². The summed E-state index contributed by atoms with van der Waals surface area (Å²) in [6.07, 6.45) is 5.65. The fraction of sp³-hybridized carbons (Fsp3) is 0.611. The van der Waals surface area contributed by atoms with E-state index in [1.54, 1.807) is 0 Å². The Morgan fingerprint density at radius 3 is 2.95 bits per heavy atom. The molecule has 3 unspecified atom stereocenters. The van der Waals surface area contributed by atoms with Crippen LogP contribution < -0.4 is 10.6 Å². The molecule has 0 saturated carbocycles. The van der Waals surface area contributed by atoms with Crippen LogP contribution in [0.15, 0.2) is 24.3 Å². The number of carbonyl (C=O) groups excluding carboxylic acids is 1. The summed E-state index contributed by atoms with van der Waals surface area (Å²) >= 11 is 0. The van der Waals surface area contributed by atoms with Crippen LogP contribution in [0.5, 0.6) is 0 Å². The normalized spacial score (nSPS) is 26.7. The van der Waals surface area contributed by atoms with Gasteiger partial charge in [0.15, 0.2) is 0 Å². The van der Waals surface area contributed by atoms with Crippen molar-refractivity contribution in [2.75, 3.05) is 13.1 Å². The van der Waals surface area contributed by atoms with Crippen molar-refractivity contribution in [2.24, 2.45) is 5.92 Å². The van der Waals surface area contributed by atoms with Gasteiger partial charge in [-0.2, -0.15) is 0 Å². The third-order valence-electron chi connectivity index (χ3n) is 5.10. The number of hydrogen-bond donors (Lipinski definition) is 2. The number of benzene rings is 1. The molecule has 0 aromatic heterocycles. The SMILES string of the molecule is CC(NC(=O)C1CCCc2ccccc21)C1CCCNC1. The van der Waals surface area contributed by atoms with E-state index in [1.165, 1.54) is 24.0 Å². The lowest BCUT2D eigenvalue weighted by atomic mass is 9.82. The molecule has 1 aliphatic heterocycles. The van der Waals surface area contributed by atoms with Crippen LogP contribution in [0.4, 0.5) is 0 Å². The highest BCUT2D eigenvalue weighted by molar-refractivity contribution is 5.84. The van der Waals surface area contributed by atoms with E-state index in [2.05, 4.69) is 41.8 Å². The Morgan fingerprint density at radius 2 is 2.14 bits per heavy atom. The van der Waals surface area contributed by atoms with Gasteiger partial charge in [0.05, 0.1) is 5.92 Å². The second-order valence-electron chi connectivity index (χ2n) is 6.55. The highest BCUT2D eigenvalue weighted by Crippen LogP contribution is 2.31. The minimum atomic E-state index is 0.0500. The van der Waals surface area contributed by atoms with Gasteiger partial charge in [0.25, 0.3) is 0 Å². The van der Waals surface area contributed by atoms with Crippen LogP contribution in [0.2, 0.25) is 0 Å². The Bertz CT molecular complexity index is 494. The lowest BCUT2D eigenvalue weighted by Gasteiger charge is -2.31. The van der Waals surface area contributed by atoms with Crippen molar-refractivity contribution in [3.05, 3.63) is 35.4 Å². The summed E-state index contributed by atoms with van der Waals surface area (Å²) in [7, 11) is 0. The fourth-order valence-electron chi connectivity index (χ4n) is 3.77. The molecule has 3 heteroatoms. The lowest BCUT2D eigenvalue weighted by molar-refractivity contribution is -0.123. The van der Waals surface area contributed by atoms with Gasteiger partial charge >= 0.3 is 0 Å². The molecule has 1 heterocycles. The van der Waals surface area contributed by atoms with E-state index in [1.807, 2.05) is 0 Å². The lowest BCUT2D eigenvalue weighted by Crippen LogP contribution is -2.46. The summed E-state index contributed by atoms with van der Waals surface area (Å²) < 4.78 is 0. The third kappa shape index (κ3) is 3.29. The first-order valence-corrected chi connectivity index (χ1v) is 8.34. The topological polar surface area (TPSA) is 41.1 Å². The summed E-state index contributed by atoms with van der Waals surface area (Å²) in [5, 5.41) is 6.71. The Kier molecular flexibility index (Phi) is 4.59. The van der Waals surface area contributed by atoms with Gasteiger partial charge in [-0.1, -0.05) is 24.3 Å². The molecular formula is C18H26N2O. The minimum absolute atomic E-state index is 0.0500. The van der Waals surface area contributed by atoms with Crippen molar-refractivity contribution in [1.29, 1.82) is 0 Å². The maximum absolute atomic E-state index is 12.7. The van der Waals surface area contributed by atoms with Crippen LogP contribution in [-0.4, -0.2) is 25.0 Å². The smallest absolute Gasteiger partial charge is 0.227 e. The summed E-state index contributed by atoms with van der Waals surface area (Å²) in [5.41, 5.74) is 2.60. The van der Waals surface area contributed by atoms with E-state index < -0.39 is 0 Å². The van der Waals surface area contributed by atoms with Gasteiger partial charge in [0.2, 0.25) is 5.91 Å². The summed E-state index contributed by atoms with van der Waals surface area (Å²) in [6, 6.07) is 8.70. The van der Waals surface area contributed by atoms with E-state index in [0.717, 1.165) is 32.4 Å². The zero-order chi connectivity index (χ0) is 14.7. The molecule has 2 aliphatic rings. The van der Waals surface area contributed by atoms with Gasteiger partial charge in [-0.05, 0) is 69.2 Å². The van der Waals surface area contributed by atoms with Gasteiger partial charge < -0.3 is 10.6 Å². The predicted molar refractivity (Wildman–Crippen MR) is 85.3 cm³/mol. The molecule has 21 heavy (non-hydrogen) atoms. The van der Waals surface area contributed by atoms with Crippen LogP contribution in [0.25, 0.3) is 0 Å². The summed E-state index contributed by atoms with van der Waals surface area (Å²) in [5.74, 6) is 0.843. The summed E-state index contributed by atoms with van der Waals surface area (Å²) in [4.78, 5) is 12.7. The average Bonchev–Trinajstić information content (AvgIpc) is 2.55. The zero-order valence-electron chi connectivity index (χ0n) is 12.9. The second kappa shape index (κ2) is 6.61. The van der Waals surface area contributed by atoms with Crippen molar-refractivity contribution in [3.63, 3.8) is 0 Å². The number of piperidine rings is 1. The second-order valence-corrected chi connectivity index (χ2v) is 6.55. The number of amides is 1. The molecule has 2 N–H and O–H groups in total. The quantitative estimate of drug-likeness (QED) is 0.897. The van der Waals surface area contributed by atoms with Gasteiger partial charge in [-0.3, -0.25) is 4.79 Å². The van der Waals surface area contributed by atoms with E-state index in [4.69, 9.17) is 0 Å². The first kappa shape index (κ1) is 14.6. The van der Waals surface area contributed by atoms with Crippen molar-refractivity contribution in [2.45, 2.75) is 51.0 Å². The molecule has 114 valence electrons. The Balaban J connectivity index is 1.66. The molecule has 1 aliphatic carbocycles. The van der Waals surface area contributed by atoms with Crippen molar-refractivity contribution in [3.8, 4) is 0 Å². The van der Waals surface area contributed by atoms with Crippen LogP contribution in [-0.2, 0) is 11.2 Å². The fourth-order valence-corrected chi connectivity index (χ4v) is 3.77. The first-order chi connectivity index (χ1) is 10.3. The van der Waals surface area contributed by atoms with Gasteiger partial charge in [0.1, 0.15) is 0 Å². The van der Waals surface area contributed by atoms with E-state index in [9.17, 15) is 4.79 Å². The summed E-state index contributed by atoms with van der Waals surface area (Å²) in [6.45, 7) is 4.31. The number of hydrogen-bond acceptors (Lipinski definition) is 2. The number of nitrogens with one attached hydrogen (secondary N) is 2. The standard InChI is InChI=1S/C18H26N2O/c1-13(15-8-5-11-19-12-15)20-18(21)17-10-4-7-14-6-2-3-9-16(14)17/h2-3,6,9,13,15,17,19H,4-5,7-8,10-12H2,1H3,(H,20,21). The largest absolute Gasteiger partial charge is 0.353 e. The van der Waals surface area contributed by atoms with Crippen LogP contribution in [0.3, 0.4) is 0 Å². The highest BCUT2D eigenvalue weighted by Gasteiger charge is 2.29. The Morgan fingerprint density at radius 1 is 1.29 bits per heavy atom. The highest BCUT2D eigenvalue weighted by atomic mass is 16.1. The molecule has 0 spiro atoms. The van der Waals surface area contributed by atoms with Crippen LogP contribution in [0.1, 0.15) is 49.7 Å². The van der Waals surface area contributed by atoms with Crippen molar-refractivity contribution < 1.29 is 4.79 Å². The minimum Gasteiger partial charge on any atom is -0.353 e. The first-order valence-electron chi connectivity index (χ1n) is 8.34. The molecule has 1 fully saturated rings. The molecule has 0 bridgehead atoms. The molecule has 3 nitrogen and oxygen atoms in total. The number of rotatable bonds is 3. The van der Waals surface area contributed by atoms with Crippen LogP contribution in [0, 0.1) is 5.92 Å². The molecule has 0 radical (unpaired) electrons. The average molecular weight is 286 g/mol.